The van der Waals surface area contributed by atoms with E-state index in [1.54, 1.807) is 7.11 Å². The van der Waals surface area contributed by atoms with E-state index in [9.17, 15) is 4.79 Å². The molecule has 1 aliphatic heterocycles. The Labute approximate surface area is 155 Å². The summed E-state index contributed by atoms with van der Waals surface area (Å²) < 4.78 is 15.9. The Morgan fingerprint density at radius 3 is 2.77 bits per heavy atom. The molecule has 26 heavy (non-hydrogen) atoms. The van der Waals surface area contributed by atoms with Crippen molar-refractivity contribution in [1.29, 1.82) is 0 Å². The van der Waals surface area contributed by atoms with Crippen LogP contribution in [0.1, 0.15) is 38.2 Å². The molecule has 0 aromatic heterocycles. The Kier molecular flexibility index (Phi) is 6.74. The van der Waals surface area contributed by atoms with Gasteiger partial charge in [0, 0.05) is 26.2 Å². The fourth-order valence-electron chi connectivity index (χ4n) is 3.68. The average molecular weight is 362 g/mol. The second-order valence-corrected chi connectivity index (χ2v) is 7.29. The second-order valence-electron chi connectivity index (χ2n) is 7.29. The van der Waals surface area contributed by atoms with Crippen molar-refractivity contribution in [3.8, 4) is 11.5 Å². The number of rotatable bonds is 8. The van der Waals surface area contributed by atoms with E-state index in [4.69, 9.17) is 14.2 Å². The van der Waals surface area contributed by atoms with Crippen molar-refractivity contribution in [1.82, 2.24) is 10.2 Å². The van der Waals surface area contributed by atoms with Gasteiger partial charge in [0.2, 0.25) is 12.7 Å². The molecule has 1 N–H and O–H groups in total. The number of benzene rings is 1. The van der Waals surface area contributed by atoms with Crippen molar-refractivity contribution >= 4 is 5.91 Å². The molecule has 0 unspecified atom stereocenters. The molecule has 0 spiro atoms. The van der Waals surface area contributed by atoms with Crippen molar-refractivity contribution in [2.75, 3.05) is 33.6 Å². The first-order chi connectivity index (χ1) is 12.7. The summed E-state index contributed by atoms with van der Waals surface area (Å²) in [6.07, 6.45) is 4.53. The molecule has 6 heteroatoms. The van der Waals surface area contributed by atoms with E-state index in [0.29, 0.717) is 32.3 Å². The van der Waals surface area contributed by atoms with Crippen LogP contribution in [0.25, 0.3) is 0 Å². The molecule has 1 heterocycles. The van der Waals surface area contributed by atoms with E-state index >= 15 is 0 Å². The van der Waals surface area contributed by atoms with Crippen molar-refractivity contribution in [3.05, 3.63) is 23.8 Å². The Hall–Kier alpha value is -1.79. The number of hydrogen-bond donors (Lipinski definition) is 1. The number of nitrogens with zero attached hydrogens (tertiary/aromatic N) is 1. The number of fused-ring (bicyclic) bond motifs is 1. The molecule has 1 aromatic rings. The zero-order valence-electron chi connectivity index (χ0n) is 15.8. The van der Waals surface area contributed by atoms with E-state index in [0.717, 1.165) is 35.8 Å². The Balaban J connectivity index is 1.66. The molecule has 1 fully saturated rings. The summed E-state index contributed by atoms with van der Waals surface area (Å²) in [5.41, 5.74) is 1.08. The van der Waals surface area contributed by atoms with Gasteiger partial charge in [-0.15, -0.1) is 0 Å². The van der Waals surface area contributed by atoms with Crippen LogP contribution in [0.2, 0.25) is 0 Å². The highest BCUT2D eigenvalue weighted by Gasteiger charge is 2.28. The lowest BCUT2D eigenvalue weighted by atomic mass is 9.86. The topological polar surface area (TPSA) is 60.0 Å². The number of carbonyl (C=O) groups is 1. The molecule has 1 aromatic carbocycles. The largest absolute Gasteiger partial charge is 0.454 e. The summed E-state index contributed by atoms with van der Waals surface area (Å²) in [5.74, 6) is 2.46. The Bertz CT molecular complexity index is 599. The average Bonchev–Trinajstić information content (AvgIpc) is 3.12. The predicted octanol–water partition coefficient (Wildman–Crippen LogP) is 2.56. The first-order valence-corrected chi connectivity index (χ1v) is 9.55. The fraction of sp³-hybridized carbons (Fsp3) is 0.650. The summed E-state index contributed by atoms with van der Waals surface area (Å²) >= 11 is 0. The van der Waals surface area contributed by atoms with Gasteiger partial charge in [-0.1, -0.05) is 13.0 Å². The summed E-state index contributed by atoms with van der Waals surface area (Å²) in [4.78, 5) is 14.9. The van der Waals surface area contributed by atoms with Gasteiger partial charge in [0.25, 0.3) is 0 Å². The van der Waals surface area contributed by atoms with Gasteiger partial charge in [0.15, 0.2) is 11.5 Å². The van der Waals surface area contributed by atoms with Crippen LogP contribution in [0.4, 0.5) is 0 Å². The third kappa shape index (κ3) is 4.89. The van der Waals surface area contributed by atoms with Crippen LogP contribution in [-0.2, 0) is 16.1 Å². The molecule has 1 saturated carbocycles. The minimum atomic E-state index is 0.151. The minimum absolute atomic E-state index is 0.151. The molecule has 1 aliphatic carbocycles. The van der Waals surface area contributed by atoms with Crippen LogP contribution < -0.4 is 14.8 Å². The predicted molar refractivity (Wildman–Crippen MR) is 99.3 cm³/mol. The highest BCUT2D eigenvalue weighted by molar-refractivity contribution is 5.78. The second kappa shape index (κ2) is 9.24. The first-order valence-electron chi connectivity index (χ1n) is 9.55. The van der Waals surface area contributed by atoms with Crippen LogP contribution in [0, 0.1) is 5.92 Å². The standard InChI is InChI=1S/C20H30N2O4/c1-15-3-6-17(7-4-15)22(20(23)12-21-9-10-24-2)13-16-5-8-18-19(11-16)26-14-25-18/h5,8,11,15,17,21H,3-4,6-7,9-10,12-14H2,1-2H3. The molecule has 0 bridgehead atoms. The number of hydrogen-bond acceptors (Lipinski definition) is 5. The van der Waals surface area contributed by atoms with Crippen LogP contribution in [0.5, 0.6) is 11.5 Å². The van der Waals surface area contributed by atoms with Gasteiger partial charge >= 0.3 is 0 Å². The van der Waals surface area contributed by atoms with Gasteiger partial charge < -0.3 is 24.4 Å². The lowest BCUT2D eigenvalue weighted by molar-refractivity contribution is -0.134. The quantitative estimate of drug-likeness (QED) is 0.720. The van der Waals surface area contributed by atoms with Crippen LogP contribution in [0.3, 0.4) is 0 Å². The normalized spacial score (nSPS) is 21.6. The lowest BCUT2D eigenvalue weighted by Crippen LogP contribution is -2.45. The van der Waals surface area contributed by atoms with Crippen LogP contribution >= 0.6 is 0 Å². The number of amides is 1. The van der Waals surface area contributed by atoms with Gasteiger partial charge in [-0.25, -0.2) is 0 Å². The summed E-state index contributed by atoms with van der Waals surface area (Å²) in [7, 11) is 1.67. The van der Waals surface area contributed by atoms with Crippen molar-refractivity contribution in [2.24, 2.45) is 5.92 Å². The van der Waals surface area contributed by atoms with Crippen LogP contribution in [0.15, 0.2) is 18.2 Å². The van der Waals surface area contributed by atoms with E-state index in [2.05, 4.69) is 12.2 Å². The Morgan fingerprint density at radius 1 is 1.23 bits per heavy atom. The Morgan fingerprint density at radius 2 is 2.00 bits per heavy atom. The number of carbonyl (C=O) groups excluding carboxylic acids is 1. The SMILES string of the molecule is COCCNCC(=O)N(Cc1ccc2c(c1)OCO2)C1CCC(C)CC1. The molecular weight excluding hydrogens is 332 g/mol. The summed E-state index contributed by atoms with van der Waals surface area (Å²) in [6, 6.07) is 6.26. The zero-order valence-corrected chi connectivity index (χ0v) is 15.8. The summed E-state index contributed by atoms with van der Waals surface area (Å²) in [5, 5.41) is 3.18. The number of ether oxygens (including phenoxy) is 3. The molecule has 0 saturated heterocycles. The fourth-order valence-corrected chi connectivity index (χ4v) is 3.68. The maximum absolute atomic E-state index is 12.9. The number of nitrogens with one attached hydrogen (secondary N) is 1. The smallest absolute Gasteiger partial charge is 0.237 e. The molecule has 144 valence electrons. The molecule has 2 aliphatic rings. The molecule has 0 radical (unpaired) electrons. The number of methoxy groups -OCH3 is 1. The maximum atomic E-state index is 12.9. The lowest BCUT2D eigenvalue weighted by Gasteiger charge is -2.36. The van der Waals surface area contributed by atoms with Gasteiger partial charge in [0.05, 0.1) is 13.2 Å². The highest BCUT2D eigenvalue weighted by Crippen LogP contribution is 2.34. The van der Waals surface area contributed by atoms with Crippen molar-refractivity contribution in [2.45, 2.75) is 45.2 Å². The third-order valence-electron chi connectivity index (χ3n) is 5.30. The van der Waals surface area contributed by atoms with Crippen LogP contribution in [-0.4, -0.2) is 50.4 Å². The van der Waals surface area contributed by atoms with Crippen molar-refractivity contribution in [3.63, 3.8) is 0 Å². The molecular formula is C20H30N2O4. The zero-order chi connectivity index (χ0) is 18.4. The third-order valence-corrected chi connectivity index (χ3v) is 5.30. The van der Waals surface area contributed by atoms with Crippen molar-refractivity contribution < 1.29 is 19.0 Å². The monoisotopic (exact) mass is 362 g/mol. The van der Waals surface area contributed by atoms with E-state index < -0.39 is 0 Å². The van der Waals surface area contributed by atoms with E-state index in [1.165, 1.54) is 12.8 Å². The maximum Gasteiger partial charge on any atom is 0.237 e. The molecule has 0 atom stereocenters. The van der Waals surface area contributed by atoms with Gasteiger partial charge in [0.1, 0.15) is 0 Å². The summed E-state index contributed by atoms with van der Waals surface area (Å²) in [6.45, 7) is 4.82. The molecule has 3 rings (SSSR count). The van der Waals surface area contributed by atoms with E-state index in [1.807, 2.05) is 23.1 Å². The molecule has 6 nitrogen and oxygen atoms in total. The minimum Gasteiger partial charge on any atom is -0.454 e. The van der Waals surface area contributed by atoms with Gasteiger partial charge in [-0.2, -0.15) is 0 Å². The first kappa shape index (κ1) is 19.0. The van der Waals surface area contributed by atoms with E-state index in [-0.39, 0.29) is 12.7 Å². The highest BCUT2D eigenvalue weighted by atomic mass is 16.7. The van der Waals surface area contributed by atoms with Gasteiger partial charge in [-0.3, -0.25) is 4.79 Å². The van der Waals surface area contributed by atoms with Gasteiger partial charge in [-0.05, 0) is 49.3 Å². The molecule has 1 amide bonds.